The van der Waals surface area contributed by atoms with Crippen molar-refractivity contribution < 1.29 is 14.3 Å². The molecule has 1 aliphatic rings. The van der Waals surface area contributed by atoms with Gasteiger partial charge in [-0.15, -0.1) is 5.10 Å². The molecule has 1 aromatic heterocycles. The third-order valence-electron chi connectivity index (χ3n) is 5.11. The molecule has 0 atom stereocenters. The molecule has 3 aromatic rings. The van der Waals surface area contributed by atoms with Crippen LogP contribution in [0.5, 0.6) is 11.5 Å². The highest BCUT2D eigenvalue weighted by Crippen LogP contribution is 2.34. The fourth-order valence-electron chi connectivity index (χ4n) is 3.68. The third kappa shape index (κ3) is 4.30. The normalized spacial score (nSPS) is 13.1. The summed E-state index contributed by atoms with van der Waals surface area (Å²) in [6.07, 6.45) is 2.49. The van der Waals surface area contributed by atoms with Crippen LogP contribution in [-0.4, -0.2) is 45.6 Å². The monoisotopic (exact) mass is 406 g/mol. The summed E-state index contributed by atoms with van der Waals surface area (Å²) in [5.74, 6) is 1.38. The van der Waals surface area contributed by atoms with Gasteiger partial charge in [-0.3, -0.25) is 4.79 Å². The number of nitrogens with zero attached hydrogens (tertiary/aromatic N) is 4. The second kappa shape index (κ2) is 8.98. The van der Waals surface area contributed by atoms with E-state index in [4.69, 9.17) is 9.47 Å². The van der Waals surface area contributed by atoms with Gasteiger partial charge in [0.05, 0.1) is 26.0 Å². The van der Waals surface area contributed by atoms with Crippen molar-refractivity contribution in [1.82, 2.24) is 19.9 Å². The molecule has 0 spiro atoms. The van der Waals surface area contributed by atoms with Crippen LogP contribution in [0.1, 0.15) is 41.0 Å². The number of carbonyl (C=O) groups is 1. The maximum absolute atomic E-state index is 13.0. The number of hydrogen-bond donors (Lipinski definition) is 0. The number of carbonyl (C=O) groups excluding carboxylic acids is 1. The number of benzene rings is 2. The van der Waals surface area contributed by atoms with Gasteiger partial charge >= 0.3 is 0 Å². The van der Waals surface area contributed by atoms with Crippen LogP contribution in [0.2, 0.25) is 0 Å². The molecule has 156 valence electrons. The van der Waals surface area contributed by atoms with Gasteiger partial charge in [-0.05, 0) is 49.1 Å². The van der Waals surface area contributed by atoms with Gasteiger partial charge in [0.2, 0.25) is 0 Å². The van der Waals surface area contributed by atoms with Crippen LogP contribution in [0.15, 0.2) is 48.7 Å². The summed E-state index contributed by atoms with van der Waals surface area (Å²) < 4.78 is 13.2. The van der Waals surface area contributed by atoms with Gasteiger partial charge in [0, 0.05) is 13.1 Å². The lowest BCUT2D eigenvalue weighted by Gasteiger charge is -2.29. The van der Waals surface area contributed by atoms with E-state index < -0.39 is 0 Å². The van der Waals surface area contributed by atoms with Crippen molar-refractivity contribution >= 4 is 5.91 Å². The standard InChI is InChI=1S/C23H26N4O3/c1-3-29-21-12-18-10-11-26(15-19(18)13-22(21)30-4-2)23(28)20-16-27(25-24-20)14-17-8-6-5-7-9-17/h5-9,12-13,16H,3-4,10-11,14-15H2,1-2H3. The van der Waals surface area contributed by atoms with E-state index in [1.54, 1.807) is 10.9 Å². The van der Waals surface area contributed by atoms with Gasteiger partial charge in [-0.2, -0.15) is 0 Å². The zero-order valence-electron chi connectivity index (χ0n) is 17.4. The molecular formula is C23H26N4O3. The lowest BCUT2D eigenvalue weighted by atomic mass is 9.98. The zero-order valence-corrected chi connectivity index (χ0v) is 17.4. The second-order valence-corrected chi connectivity index (χ2v) is 7.20. The first-order valence-electron chi connectivity index (χ1n) is 10.3. The highest BCUT2D eigenvalue weighted by Gasteiger charge is 2.25. The Morgan fingerprint density at radius 3 is 2.43 bits per heavy atom. The SMILES string of the molecule is CCOc1cc2c(cc1OCC)CN(C(=O)c1cn(Cc3ccccc3)nn1)CC2. The van der Waals surface area contributed by atoms with Gasteiger partial charge in [0.25, 0.3) is 5.91 Å². The molecule has 0 aliphatic carbocycles. The molecule has 0 saturated heterocycles. The summed E-state index contributed by atoms with van der Waals surface area (Å²) in [6, 6.07) is 14.0. The molecule has 0 unspecified atom stereocenters. The number of fused-ring (bicyclic) bond motifs is 1. The Morgan fingerprint density at radius 2 is 1.73 bits per heavy atom. The number of amides is 1. The number of ether oxygens (including phenoxy) is 2. The maximum Gasteiger partial charge on any atom is 0.276 e. The lowest BCUT2D eigenvalue weighted by Crippen LogP contribution is -2.36. The molecule has 0 fully saturated rings. The fourth-order valence-corrected chi connectivity index (χ4v) is 3.68. The van der Waals surface area contributed by atoms with E-state index in [-0.39, 0.29) is 5.91 Å². The highest BCUT2D eigenvalue weighted by atomic mass is 16.5. The van der Waals surface area contributed by atoms with Crippen molar-refractivity contribution in [2.45, 2.75) is 33.4 Å². The van der Waals surface area contributed by atoms with E-state index >= 15 is 0 Å². The van der Waals surface area contributed by atoms with Gasteiger partial charge in [-0.25, -0.2) is 4.68 Å². The smallest absolute Gasteiger partial charge is 0.276 e. The summed E-state index contributed by atoms with van der Waals surface area (Å²) in [4.78, 5) is 14.8. The van der Waals surface area contributed by atoms with Crippen LogP contribution in [0.25, 0.3) is 0 Å². The van der Waals surface area contributed by atoms with Crippen molar-refractivity contribution in [3.8, 4) is 11.5 Å². The van der Waals surface area contributed by atoms with Crippen LogP contribution in [0.4, 0.5) is 0 Å². The van der Waals surface area contributed by atoms with Crippen molar-refractivity contribution in [3.63, 3.8) is 0 Å². The summed E-state index contributed by atoms with van der Waals surface area (Å²) >= 11 is 0. The minimum atomic E-state index is -0.105. The average Bonchev–Trinajstić information content (AvgIpc) is 3.23. The molecule has 0 N–H and O–H groups in total. The summed E-state index contributed by atoms with van der Waals surface area (Å²) in [5, 5.41) is 8.23. The highest BCUT2D eigenvalue weighted by molar-refractivity contribution is 5.92. The molecule has 2 aromatic carbocycles. The first-order valence-corrected chi connectivity index (χ1v) is 10.3. The van der Waals surface area contributed by atoms with Crippen LogP contribution < -0.4 is 9.47 Å². The van der Waals surface area contributed by atoms with Crippen LogP contribution in [0, 0.1) is 0 Å². The number of hydrogen-bond acceptors (Lipinski definition) is 5. The van der Waals surface area contributed by atoms with Crippen LogP contribution in [-0.2, 0) is 19.5 Å². The Bertz CT molecular complexity index is 1020. The number of aromatic nitrogens is 3. The largest absolute Gasteiger partial charge is 0.490 e. The topological polar surface area (TPSA) is 69.5 Å². The molecule has 1 aliphatic heterocycles. The zero-order chi connectivity index (χ0) is 20.9. The summed E-state index contributed by atoms with van der Waals surface area (Å²) in [6.45, 7) is 6.80. The first kappa shape index (κ1) is 19.9. The molecule has 7 nitrogen and oxygen atoms in total. The minimum absolute atomic E-state index is 0.105. The van der Waals surface area contributed by atoms with Crippen LogP contribution >= 0.6 is 0 Å². The molecular weight excluding hydrogens is 380 g/mol. The molecule has 2 heterocycles. The number of rotatable bonds is 7. The van der Waals surface area contributed by atoms with E-state index in [1.165, 1.54) is 5.56 Å². The Hall–Kier alpha value is -3.35. The van der Waals surface area contributed by atoms with Crippen molar-refractivity contribution in [3.05, 3.63) is 71.0 Å². The predicted molar refractivity (Wildman–Crippen MR) is 113 cm³/mol. The molecule has 0 bridgehead atoms. The van der Waals surface area contributed by atoms with Gasteiger partial charge < -0.3 is 14.4 Å². The second-order valence-electron chi connectivity index (χ2n) is 7.20. The molecule has 30 heavy (non-hydrogen) atoms. The Kier molecular flexibility index (Phi) is 5.97. The molecule has 1 amide bonds. The Balaban J connectivity index is 1.49. The van der Waals surface area contributed by atoms with E-state index in [9.17, 15) is 4.79 Å². The lowest BCUT2D eigenvalue weighted by molar-refractivity contribution is 0.0728. The first-order chi connectivity index (χ1) is 14.7. The third-order valence-corrected chi connectivity index (χ3v) is 5.11. The van der Waals surface area contributed by atoms with E-state index in [2.05, 4.69) is 10.3 Å². The molecule has 4 rings (SSSR count). The molecule has 0 saturated carbocycles. The van der Waals surface area contributed by atoms with Crippen LogP contribution in [0.3, 0.4) is 0 Å². The van der Waals surface area contributed by atoms with Crippen molar-refractivity contribution in [1.29, 1.82) is 0 Å². The Morgan fingerprint density at radius 1 is 1.03 bits per heavy atom. The van der Waals surface area contributed by atoms with Gasteiger partial charge in [-0.1, -0.05) is 35.5 Å². The predicted octanol–water partition coefficient (Wildman–Crippen LogP) is 3.32. The maximum atomic E-state index is 13.0. The van der Waals surface area contributed by atoms with E-state index in [0.29, 0.717) is 38.5 Å². The van der Waals surface area contributed by atoms with E-state index in [1.807, 2.05) is 61.2 Å². The van der Waals surface area contributed by atoms with Gasteiger partial charge in [0.1, 0.15) is 0 Å². The molecule has 0 radical (unpaired) electrons. The average molecular weight is 406 g/mol. The summed E-state index contributed by atoms with van der Waals surface area (Å²) in [7, 11) is 0. The fraction of sp³-hybridized carbons (Fsp3) is 0.348. The quantitative estimate of drug-likeness (QED) is 0.602. The van der Waals surface area contributed by atoms with E-state index in [0.717, 1.165) is 29.0 Å². The minimum Gasteiger partial charge on any atom is -0.490 e. The van der Waals surface area contributed by atoms with Crippen molar-refractivity contribution in [2.75, 3.05) is 19.8 Å². The van der Waals surface area contributed by atoms with Crippen molar-refractivity contribution in [2.24, 2.45) is 0 Å². The molecule has 7 heteroatoms. The Labute approximate surface area is 176 Å². The van der Waals surface area contributed by atoms with Gasteiger partial charge in [0.15, 0.2) is 17.2 Å². The summed E-state index contributed by atoms with van der Waals surface area (Å²) in [5.41, 5.74) is 3.75.